The van der Waals surface area contributed by atoms with Crippen LogP contribution in [0.15, 0.2) is 89.1 Å². The number of alkyl halides is 3. The van der Waals surface area contributed by atoms with E-state index >= 15 is 0 Å². The van der Waals surface area contributed by atoms with Crippen LogP contribution in [0.2, 0.25) is 0 Å². The van der Waals surface area contributed by atoms with E-state index in [1.165, 1.54) is 29.5 Å². The molecule has 0 bridgehead atoms. The van der Waals surface area contributed by atoms with Crippen molar-refractivity contribution < 1.29 is 31.1 Å². The Hall–Kier alpha value is -3.51. The van der Waals surface area contributed by atoms with E-state index in [1.54, 1.807) is 29.6 Å². The van der Waals surface area contributed by atoms with Gasteiger partial charge in [0.15, 0.2) is 0 Å². The molecule has 5 rings (SSSR count). The fourth-order valence-electron chi connectivity index (χ4n) is 5.02. The first-order valence-corrected chi connectivity index (χ1v) is 16.1. The first-order chi connectivity index (χ1) is 20.5. The number of rotatable bonds is 9. The number of amides is 1. The highest BCUT2D eigenvalue weighted by Crippen LogP contribution is 2.31. The quantitative estimate of drug-likeness (QED) is 0.215. The van der Waals surface area contributed by atoms with Gasteiger partial charge in [0.05, 0.1) is 28.0 Å². The zero-order valence-corrected chi connectivity index (χ0v) is 25.1. The number of hydrogen-bond acceptors (Lipinski definition) is 6. The fourth-order valence-corrected chi connectivity index (χ4v) is 6.89. The third-order valence-corrected chi connectivity index (χ3v) is 9.63. The van der Waals surface area contributed by atoms with Gasteiger partial charge in [-0.05, 0) is 66.1 Å². The molecule has 1 amide bonds. The topological polar surface area (TPSA) is 75.7 Å². The Morgan fingerprint density at radius 2 is 1.65 bits per heavy atom. The van der Waals surface area contributed by atoms with Crippen LogP contribution in [0.1, 0.15) is 44.8 Å². The first kappa shape index (κ1) is 30.9. The molecule has 0 saturated carbocycles. The summed E-state index contributed by atoms with van der Waals surface area (Å²) in [5.41, 5.74) is 3.24. The smallest absolute Gasteiger partial charge is 0.373 e. The van der Waals surface area contributed by atoms with E-state index in [2.05, 4.69) is 9.62 Å². The molecule has 1 saturated heterocycles. The van der Waals surface area contributed by atoms with Crippen LogP contribution >= 0.6 is 11.3 Å². The van der Waals surface area contributed by atoms with Crippen LogP contribution in [-0.4, -0.2) is 38.4 Å². The van der Waals surface area contributed by atoms with Gasteiger partial charge in [-0.15, -0.1) is 11.3 Å². The number of carbonyl (C=O) groups excluding carboxylic acids is 1. The summed E-state index contributed by atoms with van der Waals surface area (Å²) < 4.78 is 73.1. The second kappa shape index (κ2) is 13.0. The van der Waals surface area contributed by atoms with Gasteiger partial charge in [-0.2, -0.15) is 13.2 Å². The highest BCUT2D eigenvalue weighted by atomic mass is 32.2. The molecule has 1 aromatic heterocycles. The maximum absolute atomic E-state index is 13.2. The zero-order chi connectivity index (χ0) is 30.6. The summed E-state index contributed by atoms with van der Waals surface area (Å²) in [5.74, 6) is -0.667. The summed E-state index contributed by atoms with van der Waals surface area (Å²) in [6, 6.07) is 21.1. The van der Waals surface area contributed by atoms with Crippen LogP contribution < -0.4 is 4.72 Å². The van der Waals surface area contributed by atoms with Crippen LogP contribution in [-0.2, 0) is 34.1 Å². The molecular formula is C32H31F3N2O4S2. The van der Waals surface area contributed by atoms with Crippen molar-refractivity contribution in [3.63, 3.8) is 0 Å². The molecule has 1 N–H and O–H groups in total. The lowest BCUT2D eigenvalue weighted by Gasteiger charge is -2.32. The number of aryl methyl sites for hydroxylation is 1. The van der Waals surface area contributed by atoms with Crippen LogP contribution in [0.5, 0.6) is 0 Å². The summed E-state index contributed by atoms with van der Waals surface area (Å²) in [5, 5.41) is 1.71. The first-order valence-electron chi connectivity index (χ1n) is 13.8. The number of hydrogen-bond donors (Lipinski definition) is 1. The average molecular weight is 629 g/mol. The number of benzene rings is 3. The molecule has 0 atom stereocenters. The lowest BCUT2D eigenvalue weighted by molar-refractivity contribution is -0.137. The number of nitrogens with one attached hydrogen (secondary N) is 1. The highest BCUT2D eigenvalue weighted by Gasteiger charge is 2.30. The van der Waals surface area contributed by atoms with Crippen molar-refractivity contribution in [2.45, 2.75) is 50.1 Å². The van der Waals surface area contributed by atoms with Gasteiger partial charge < -0.3 is 4.74 Å². The SMILES string of the molecule is Cc1ccc(S(=O)(=O)NC(=O)c2cccs2)c(-c2ccc(COC3CCN(Cc4ccc(C(F)(F)F)cc4)CC3)cc2)c1. The molecule has 4 aromatic rings. The Bertz CT molecular complexity index is 1650. The lowest BCUT2D eigenvalue weighted by Crippen LogP contribution is -2.36. The lowest BCUT2D eigenvalue weighted by atomic mass is 10.0. The van der Waals surface area contributed by atoms with Gasteiger partial charge in [-0.25, -0.2) is 13.1 Å². The number of likely N-dealkylation sites (tertiary alicyclic amines) is 1. The van der Waals surface area contributed by atoms with Crippen molar-refractivity contribution >= 4 is 27.3 Å². The van der Waals surface area contributed by atoms with Crippen molar-refractivity contribution in [2.75, 3.05) is 13.1 Å². The minimum atomic E-state index is -4.33. The average Bonchev–Trinajstić information content (AvgIpc) is 3.52. The maximum atomic E-state index is 13.2. The van der Waals surface area contributed by atoms with Gasteiger partial charge in [-0.3, -0.25) is 9.69 Å². The Labute approximate surface area is 253 Å². The normalized spacial score (nSPS) is 15.0. The van der Waals surface area contributed by atoms with Gasteiger partial charge >= 0.3 is 6.18 Å². The van der Waals surface area contributed by atoms with Crippen molar-refractivity contribution in [3.05, 3.63) is 111 Å². The standard InChI is InChI=1S/C32H31F3N2O4S2/c1-22-4-13-30(43(39,40)36-31(38)29-3-2-18-42-29)28(19-22)25-9-5-24(6-10-25)21-41-27-14-16-37(17-15-27)20-23-7-11-26(12-8-23)32(33,34)35/h2-13,18-19,27H,14-17,20-21H2,1H3,(H,36,38). The van der Waals surface area contributed by atoms with Crippen LogP contribution in [0.25, 0.3) is 11.1 Å². The number of carbonyl (C=O) groups is 1. The van der Waals surface area contributed by atoms with Gasteiger partial charge in [-0.1, -0.05) is 60.2 Å². The predicted molar refractivity (Wildman–Crippen MR) is 160 cm³/mol. The van der Waals surface area contributed by atoms with E-state index in [0.717, 1.165) is 54.8 Å². The number of sulfonamides is 1. The molecule has 1 fully saturated rings. The molecule has 0 spiro atoms. The summed E-state index contributed by atoms with van der Waals surface area (Å²) in [7, 11) is -4.12. The van der Waals surface area contributed by atoms with Gasteiger partial charge in [0.2, 0.25) is 0 Å². The predicted octanol–water partition coefficient (Wildman–Crippen LogP) is 7.04. The Balaban J connectivity index is 1.16. The Morgan fingerprint density at radius 1 is 0.977 bits per heavy atom. The van der Waals surface area contributed by atoms with Gasteiger partial charge in [0, 0.05) is 25.2 Å². The molecule has 0 aliphatic carbocycles. The largest absolute Gasteiger partial charge is 0.416 e. The zero-order valence-electron chi connectivity index (χ0n) is 23.4. The second-order valence-electron chi connectivity index (χ2n) is 10.6. The minimum absolute atomic E-state index is 0.0232. The third kappa shape index (κ3) is 7.91. The summed E-state index contributed by atoms with van der Waals surface area (Å²) >= 11 is 1.17. The van der Waals surface area contributed by atoms with Crippen molar-refractivity contribution in [2.24, 2.45) is 0 Å². The molecule has 6 nitrogen and oxygen atoms in total. The number of piperidine rings is 1. The summed E-state index contributed by atoms with van der Waals surface area (Å²) in [6.45, 7) is 4.46. The number of nitrogens with zero attached hydrogens (tertiary/aromatic N) is 1. The van der Waals surface area contributed by atoms with E-state index in [0.29, 0.717) is 29.2 Å². The number of halogens is 3. The molecule has 1 aliphatic heterocycles. The molecule has 11 heteroatoms. The minimum Gasteiger partial charge on any atom is -0.373 e. The van der Waals surface area contributed by atoms with E-state index < -0.39 is 27.7 Å². The van der Waals surface area contributed by atoms with Gasteiger partial charge in [0.1, 0.15) is 0 Å². The Morgan fingerprint density at radius 3 is 2.28 bits per heavy atom. The maximum Gasteiger partial charge on any atom is 0.416 e. The van der Waals surface area contributed by atoms with Gasteiger partial charge in [0.25, 0.3) is 15.9 Å². The molecule has 0 unspecified atom stereocenters. The van der Waals surface area contributed by atoms with Crippen molar-refractivity contribution in [1.29, 1.82) is 0 Å². The monoisotopic (exact) mass is 628 g/mol. The summed E-state index contributed by atoms with van der Waals surface area (Å²) in [6.07, 6.45) is -2.62. The number of thiophene rings is 1. The molecule has 0 radical (unpaired) electrons. The van der Waals surface area contributed by atoms with Crippen LogP contribution in [0.4, 0.5) is 13.2 Å². The van der Waals surface area contributed by atoms with Crippen molar-refractivity contribution in [1.82, 2.24) is 9.62 Å². The van der Waals surface area contributed by atoms with E-state index in [1.807, 2.05) is 31.2 Å². The molecule has 226 valence electrons. The highest BCUT2D eigenvalue weighted by molar-refractivity contribution is 7.90. The number of ether oxygens (including phenoxy) is 1. The molecular weight excluding hydrogens is 597 g/mol. The van der Waals surface area contributed by atoms with Crippen molar-refractivity contribution in [3.8, 4) is 11.1 Å². The van der Waals surface area contributed by atoms with Crippen LogP contribution in [0, 0.1) is 6.92 Å². The molecule has 2 heterocycles. The molecule has 3 aromatic carbocycles. The second-order valence-corrected chi connectivity index (χ2v) is 13.2. The third-order valence-electron chi connectivity index (χ3n) is 7.37. The Kier molecular flexibility index (Phi) is 9.36. The molecule has 43 heavy (non-hydrogen) atoms. The van der Waals surface area contributed by atoms with E-state index in [9.17, 15) is 26.4 Å². The molecule has 1 aliphatic rings. The fraction of sp³-hybridized carbons (Fsp3) is 0.281. The van der Waals surface area contributed by atoms with E-state index in [-0.39, 0.29) is 11.0 Å². The van der Waals surface area contributed by atoms with Crippen LogP contribution in [0.3, 0.4) is 0 Å². The van der Waals surface area contributed by atoms with E-state index in [4.69, 9.17) is 4.74 Å². The summed E-state index contributed by atoms with van der Waals surface area (Å²) in [4.78, 5) is 15.0.